The van der Waals surface area contributed by atoms with Crippen LogP contribution in [0.15, 0.2) is 53.4 Å². The molecule has 21 heavy (non-hydrogen) atoms. The molecule has 2 rings (SSSR count). The third-order valence-electron chi connectivity index (χ3n) is 2.84. The largest absolute Gasteiger partial charge is 0.481 e. The van der Waals surface area contributed by atoms with E-state index < -0.39 is 11.9 Å². The summed E-state index contributed by atoms with van der Waals surface area (Å²) in [5.74, 6) is -0.343. The molecule has 2 aromatic rings. The van der Waals surface area contributed by atoms with E-state index in [1.54, 1.807) is 24.8 Å². The molecule has 0 aliphatic rings. The van der Waals surface area contributed by atoms with Crippen LogP contribution in [0.4, 0.5) is 10.1 Å². The first-order chi connectivity index (χ1) is 10.1. The average molecular weight is 305 g/mol. The van der Waals surface area contributed by atoms with Gasteiger partial charge in [-0.3, -0.25) is 4.79 Å². The number of nitrogens with one attached hydrogen (secondary N) is 1. The van der Waals surface area contributed by atoms with Crippen molar-refractivity contribution in [3.63, 3.8) is 0 Å². The number of rotatable bonds is 5. The molecule has 0 radical (unpaired) electrons. The highest BCUT2D eigenvalue weighted by Crippen LogP contribution is 2.25. The summed E-state index contributed by atoms with van der Waals surface area (Å²) in [6, 6.07) is 13.3. The summed E-state index contributed by atoms with van der Waals surface area (Å²) < 4.78 is 18.5. The first-order valence-corrected chi connectivity index (χ1v) is 7.68. The quantitative estimate of drug-likeness (QED) is 0.850. The highest BCUT2D eigenvalue weighted by Gasteiger charge is 2.16. The van der Waals surface area contributed by atoms with Crippen LogP contribution < -0.4 is 10.1 Å². The van der Waals surface area contributed by atoms with Crippen LogP contribution in [0, 0.1) is 5.82 Å². The molecule has 1 atom stereocenters. The van der Waals surface area contributed by atoms with E-state index in [1.165, 1.54) is 18.2 Å². The summed E-state index contributed by atoms with van der Waals surface area (Å²) in [5.41, 5.74) is 0.740. The molecule has 0 fully saturated rings. The zero-order valence-corrected chi connectivity index (χ0v) is 12.6. The van der Waals surface area contributed by atoms with Crippen LogP contribution >= 0.6 is 11.8 Å². The van der Waals surface area contributed by atoms with Gasteiger partial charge >= 0.3 is 0 Å². The van der Waals surface area contributed by atoms with Crippen molar-refractivity contribution in [1.29, 1.82) is 0 Å². The van der Waals surface area contributed by atoms with Gasteiger partial charge in [0.1, 0.15) is 11.6 Å². The summed E-state index contributed by atoms with van der Waals surface area (Å²) in [7, 11) is 0. The minimum atomic E-state index is -0.721. The van der Waals surface area contributed by atoms with E-state index in [2.05, 4.69) is 5.32 Å². The maximum atomic E-state index is 13.1. The minimum absolute atomic E-state index is 0.277. The van der Waals surface area contributed by atoms with Gasteiger partial charge in [-0.15, -0.1) is 11.8 Å². The van der Waals surface area contributed by atoms with Gasteiger partial charge in [0.2, 0.25) is 0 Å². The van der Waals surface area contributed by atoms with E-state index in [4.69, 9.17) is 4.74 Å². The summed E-state index contributed by atoms with van der Waals surface area (Å²) >= 11 is 1.55. The third kappa shape index (κ3) is 4.23. The molecule has 5 heteroatoms. The lowest BCUT2D eigenvalue weighted by molar-refractivity contribution is -0.122. The molecule has 3 nitrogen and oxygen atoms in total. The predicted octanol–water partition coefficient (Wildman–Crippen LogP) is 3.95. The van der Waals surface area contributed by atoms with Crippen molar-refractivity contribution in [1.82, 2.24) is 0 Å². The molecule has 2 aromatic carbocycles. The summed E-state index contributed by atoms with van der Waals surface area (Å²) in [6.07, 6.45) is 1.22. The molecule has 110 valence electrons. The zero-order valence-electron chi connectivity index (χ0n) is 11.8. The molecule has 0 saturated heterocycles. The SMILES string of the molecule is CSc1ccccc1NC(=O)C(C)Oc1cccc(F)c1. The number of halogens is 1. The van der Waals surface area contributed by atoms with E-state index in [0.29, 0.717) is 5.75 Å². The van der Waals surface area contributed by atoms with Crippen LogP contribution in [-0.2, 0) is 4.79 Å². The van der Waals surface area contributed by atoms with Crippen molar-refractivity contribution in [2.75, 3.05) is 11.6 Å². The topological polar surface area (TPSA) is 38.3 Å². The van der Waals surface area contributed by atoms with Crippen molar-refractivity contribution in [2.24, 2.45) is 0 Å². The summed E-state index contributed by atoms with van der Waals surface area (Å²) in [5, 5.41) is 2.82. The van der Waals surface area contributed by atoms with Gasteiger partial charge in [0.15, 0.2) is 6.10 Å². The van der Waals surface area contributed by atoms with E-state index >= 15 is 0 Å². The van der Waals surface area contributed by atoms with Crippen molar-refractivity contribution in [3.05, 3.63) is 54.3 Å². The zero-order chi connectivity index (χ0) is 15.2. The fourth-order valence-corrected chi connectivity index (χ4v) is 2.33. The number of para-hydroxylation sites is 1. The highest BCUT2D eigenvalue weighted by atomic mass is 32.2. The normalized spacial score (nSPS) is 11.8. The first kappa shape index (κ1) is 15.4. The van der Waals surface area contributed by atoms with Crippen LogP contribution in [-0.4, -0.2) is 18.3 Å². The number of hydrogen-bond acceptors (Lipinski definition) is 3. The van der Waals surface area contributed by atoms with Crippen molar-refractivity contribution < 1.29 is 13.9 Å². The van der Waals surface area contributed by atoms with E-state index in [1.807, 2.05) is 30.5 Å². The number of carbonyl (C=O) groups excluding carboxylic acids is 1. The molecule has 0 aliphatic carbocycles. The van der Waals surface area contributed by atoms with Gasteiger partial charge in [0, 0.05) is 11.0 Å². The number of ether oxygens (including phenoxy) is 1. The Bertz CT molecular complexity index is 633. The molecule has 1 amide bonds. The van der Waals surface area contributed by atoms with Crippen LogP contribution in [0.1, 0.15) is 6.92 Å². The lowest BCUT2D eigenvalue weighted by Gasteiger charge is -2.16. The van der Waals surface area contributed by atoms with Gasteiger partial charge < -0.3 is 10.1 Å². The van der Waals surface area contributed by atoms with E-state index in [-0.39, 0.29) is 5.91 Å². The number of hydrogen-bond donors (Lipinski definition) is 1. The Hall–Kier alpha value is -2.01. The fourth-order valence-electron chi connectivity index (χ4n) is 1.78. The van der Waals surface area contributed by atoms with Gasteiger partial charge in [-0.2, -0.15) is 0 Å². The monoisotopic (exact) mass is 305 g/mol. The van der Waals surface area contributed by atoms with Crippen LogP contribution in [0.25, 0.3) is 0 Å². The molecule has 0 spiro atoms. The Balaban J connectivity index is 2.02. The number of anilines is 1. The number of carbonyl (C=O) groups is 1. The predicted molar refractivity (Wildman–Crippen MR) is 83.3 cm³/mol. The van der Waals surface area contributed by atoms with Gasteiger partial charge in [-0.05, 0) is 37.4 Å². The molecule has 0 saturated carbocycles. The van der Waals surface area contributed by atoms with Gasteiger partial charge in [-0.25, -0.2) is 4.39 Å². The second-order valence-corrected chi connectivity index (χ2v) is 5.26. The average Bonchev–Trinajstić information content (AvgIpc) is 2.47. The molecular formula is C16H16FNO2S. The summed E-state index contributed by atoms with van der Waals surface area (Å²) in [4.78, 5) is 13.1. The van der Waals surface area contributed by atoms with Crippen molar-refractivity contribution >= 4 is 23.4 Å². The highest BCUT2D eigenvalue weighted by molar-refractivity contribution is 7.98. The first-order valence-electron chi connectivity index (χ1n) is 6.46. The maximum Gasteiger partial charge on any atom is 0.265 e. The number of thioether (sulfide) groups is 1. The van der Waals surface area contributed by atoms with Gasteiger partial charge in [0.05, 0.1) is 5.69 Å². The maximum absolute atomic E-state index is 13.1. The van der Waals surface area contributed by atoms with Crippen molar-refractivity contribution in [2.45, 2.75) is 17.9 Å². The molecular weight excluding hydrogens is 289 g/mol. The van der Waals surface area contributed by atoms with Gasteiger partial charge in [0.25, 0.3) is 5.91 Å². The molecule has 0 bridgehead atoms. The molecule has 1 N–H and O–H groups in total. The fraction of sp³-hybridized carbons (Fsp3) is 0.188. The Kier molecular flexibility index (Phi) is 5.22. The Morgan fingerprint density at radius 3 is 2.71 bits per heavy atom. The Morgan fingerprint density at radius 2 is 2.00 bits per heavy atom. The second kappa shape index (κ2) is 7.13. The van der Waals surface area contributed by atoms with Crippen LogP contribution in [0.2, 0.25) is 0 Å². The molecule has 0 aliphatic heterocycles. The Labute approximate surface area is 127 Å². The molecule has 0 aromatic heterocycles. The lowest BCUT2D eigenvalue weighted by atomic mass is 10.3. The molecule has 1 unspecified atom stereocenters. The minimum Gasteiger partial charge on any atom is -0.481 e. The second-order valence-electron chi connectivity index (χ2n) is 4.41. The van der Waals surface area contributed by atoms with Crippen LogP contribution in [0.3, 0.4) is 0 Å². The van der Waals surface area contributed by atoms with Crippen molar-refractivity contribution in [3.8, 4) is 5.75 Å². The standard InChI is InChI=1S/C16H16FNO2S/c1-11(20-13-7-5-6-12(17)10-13)16(19)18-14-8-3-4-9-15(14)21-2/h3-11H,1-2H3,(H,18,19). The molecule has 0 heterocycles. The Morgan fingerprint density at radius 1 is 1.24 bits per heavy atom. The van der Waals surface area contributed by atoms with Gasteiger partial charge in [-0.1, -0.05) is 18.2 Å². The lowest BCUT2D eigenvalue weighted by Crippen LogP contribution is -2.30. The summed E-state index contributed by atoms with van der Waals surface area (Å²) in [6.45, 7) is 1.63. The number of amides is 1. The van der Waals surface area contributed by atoms with Crippen LogP contribution in [0.5, 0.6) is 5.75 Å². The number of benzene rings is 2. The van der Waals surface area contributed by atoms with E-state index in [9.17, 15) is 9.18 Å². The third-order valence-corrected chi connectivity index (χ3v) is 3.64. The smallest absolute Gasteiger partial charge is 0.265 e. The van der Waals surface area contributed by atoms with E-state index in [0.717, 1.165) is 10.6 Å².